The topological polar surface area (TPSA) is 56.7 Å². The van der Waals surface area contributed by atoms with E-state index in [4.69, 9.17) is 5.73 Å². The van der Waals surface area contributed by atoms with E-state index in [1.165, 1.54) is 0 Å². The van der Waals surface area contributed by atoms with Gasteiger partial charge in [0, 0.05) is 31.5 Å². The van der Waals surface area contributed by atoms with Crippen LogP contribution in [0, 0.1) is 0 Å². The molecule has 0 saturated heterocycles. The zero-order valence-electron chi connectivity index (χ0n) is 8.31. The standard InChI is InChI=1S/C10H11BrN4/c1-15-10(7-3-2-4-13-6-7)9(11)8(5-12)14-15/h2-4,6H,5,12H2,1H3. The molecule has 0 aliphatic heterocycles. The van der Waals surface area contributed by atoms with Gasteiger partial charge in [0.1, 0.15) is 0 Å². The third-order valence-corrected chi connectivity index (χ3v) is 3.02. The Kier molecular flexibility index (Phi) is 2.83. The maximum atomic E-state index is 5.59. The summed E-state index contributed by atoms with van der Waals surface area (Å²) < 4.78 is 2.75. The Balaban J connectivity index is 2.58. The molecule has 0 unspecified atom stereocenters. The Morgan fingerprint density at radius 1 is 1.53 bits per heavy atom. The van der Waals surface area contributed by atoms with Crippen LogP contribution < -0.4 is 5.73 Å². The Labute approximate surface area is 96.3 Å². The highest BCUT2D eigenvalue weighted by Gasteiger charge is 2.13. The molecular formula is C10H11BrN4. The minimum absolute atomic E-state index is 0.425. The van der Waals surface area contributed by atoms with Crippen LogP contribution in [-0.2, 0) is 13.6 Å². The van der Waals surface area contributed by atoms with Crippen molar-refractivity contribution in [1.29, 1.82) is 0 Å². The number of aryl methyl sites for hydroxylation is 1. The second-order valence-corrected chi connectivity index (χ2v) is 3.97. The highest BCUT2D eigenvalue weighted by molar-refractivity contribution is 9.10. The van der Waals surface area contributed by atoms with Crippen molar-refractivity contribution < 1.29 is 0 Å². The Morgan fingerprint density at radius 3 is 2.87 bits per heavy atom. The van der Waals surface area contributed by atoms with E-state index in [2.05, 4.69) is 26.0 Å². The van der Waals surface area contributed by atoms with Gasteiger partial charge < -0.3 is 5.73 Å². The molecule has 0 aliphatic carbocycles. The number of aromatic nitrogens is 3. The fourth-order valence-corrected chi connectivity index (χ4v) is 2.23. The number of pyridine rings is 1. The Hall–Kier alpha value is -1.20. The largest absolute Gasteiger partial charge is 0.325 e. The first-order valence-electron chi connectivity index (χ1n) is 4.56. The first-order chi connectivity index (χ1) is 7.24. The molecule has 5 heteroatoms. The Morgan fingerprint density at radius 2 is 2.33 bits per heavy atom. The van der Waals surface area contributed by atoms with E-state index in [9.17, 15) is 0 Å². The van der Waals surface area contributed by atoms with Crippen LogP contribution in [-0.4, -0.2) is 14.8 Å². The summed E-state index contributed by atoms with van der Waals surface area (Å²) in [5.41, 5.74) is 8.48. The van der Waals surface area contributed by atoms with Crippen LogP contribution in [0.25, 0.3) is 11.3 Å². The lowest BCUT2D eigenvalue weighted by Crippen LogP contribution is -1.99. The molecule has 0 spiro atoms. The maximum Gasteiger partial charge on any atom is 0.0908 e. The van der Waals surface area contributed by atoms with Gasteiger partial charge in [-0.25, -0.2) is 0 Å². The van der Waals surface area contributed by atoms with E-state index in [1.54, 1.807) is 6.20 Å². The quantitative estimate of drug-likeness (QED) is 0.901. The first-order valence-corrected chi connectivity index (χ1v) is 5.35. The lowest BCUT2D eigenvalue weighted by molar-refractivity contribution is 0.749. The van der Waals surface area contributed by atoms with E-state index in [-0.39, 0.29) is 0 Å². The lowest BCUT2D eigenvalue weighted by atomic mass is 10.2. The van der Waals surface area contributed by atoms with Crippen molar-refractivity contribution in [2.45, 2.75) is 6.54 Å². The molecule has 15 heavy (non-hydrogen) atoms. The molecule has 2 aromatic rings. The number of rotatable bonds is 2. The number of hydrogen-bond acceptors (Lipinski definition) is 3. The summed E-state index contributed by atoms with van der Waals surface area (Å²) in [7, 11) is 1.90. The molecule has 0 radical (unpaired) electrons. The predicted molar refractivity (Wildman–Crippen MR) is 62.0 cm³/mol. The van der Waals surface area contributed by atoms with Crippen LogP contribution in [0.3, 0.4) is 0 Å². The normalized spacial score (nSPS) is 10.6. The van der Waals surface area contributed by atoms with Crippen molar-refractivity contribution in [3.63, 3.8) is 0 Å². The van der Waals surface area contributed by atoms with Gasteiger partial charge >= 0.3 is 0 Å². The molecule has 0 aromatic carbocycles. The van der Waals surface area contributed by atoms with Gasteiger partial charge in [-0.2, -0.15) is 5.10 Å². The summed E-state index contributed by atoms with van der Waals surface area (Å²) in [6.07, 6.45) is 3.56. The highest BCUT2D eigenvalue weighted by atomic mass is 79.9. The molecular weight excluding hydrogens is 256 g/mol. The molecule has 0 saturated carbocycles. The van der Waals surface area contributed by atoms with E-state index >= 15 is 0 Å². The molecule has 2 aromatic heterocycles. The molecule has 78 valence electrons. The van der Waals surface area contributed by atoms with Crippen molar-refractivity contribution >= 4 is 15.9 Å². The summed E-state index contributed by atoms with van der Waals surface area (Å²) in [5.74, 6) is 0. The third kappa shape index (κ3) is 1.80. The van der Waals surface area contributed by atoms with Crippen LogP contribution in [0.2, 0.25) is 0 Å². The second-order valence-electron chi connectivity index (χ2n) is 3.18. The molecule has 0 amide bonds. The number of halogens is 1. The van der Waals surface area contributed by atoms with E-state index in [0.29, 0.717) is 6.54 Å². The smallest absolute Gasteiger partial charge is 0.0908 e. The van der Waals surface area contributed by atoms with Gasteiger partial charge in [-0.1, -0.05) is 0 Å². The Bertz CT molecular complexity index is 464. The van der Waals surface area contributed by atoms with Gasteiger partial charge in [0.15, 0.2) is 0 Å². The molecule has 2 rings (SSSR count). The summed E-state index contributed by atoms with van der Waals surface area (Å²) in [5, 5.41) is 4.32. The third-order valence-electron chi connectivity index (χ3n) is 2.18. The molecule has 2 N–H and O–H groups in total. The van der Waals surface area contributed by atoms with Gasteiger partial charge in [-0.05, 0) is 28.1 Å². The van der Waals surface area contributed by atoms with Crippen LogP contribution in [0.5, 0.6) is 0 Å². The van der Waals surface area contributed by atoms with Crippen molar-refractivity contribution in [3.05, 3.63) is 34.7 Å². The van der Waals surface area contributed by atoms with Gasteiger partial charge in [0.2, 0.25) is 0 Å². The minimum atomic E-state index is 0.425. The van der Waals surface area contributed by atoms with Gasteiger partial charge in [-0.3, -0.25) is 9.67 Å². The van der Waals surface area contributed by atoms with E-state index in [1.807, 2.05) is 30.1 Å². The zero-order valence-corrected chi connectivity index (χ0v) is 9.90. The molecule has 2 heterocycles. The van der Waals surface area contributed by atoms with Crippen molar-refractivity contribution in [2.75, 3.05) is 0 Å². The summed E-state index contributed by atoms with van der Waals surface area (Å²) in [4.78, 5) is 4.09. The highest BCUT2D eigenvalue weighted by Crippen LogP contribution is 2.29. The predicted octanol–water partition coefficient (Wildman–Crippen LogP) is 1.70. The summed E-state index contributed by atoms with van der Waals surface area (Å²) >= 11 is 3.51. The fourth-order valence-electron chi connectivity index (χ4n) is 1.50. The van der Waals surface area contributed by atoms with Crippen LogP contribution in [0.15, 0.2) is 29.0 Å². The maximum absolute atomic E-state index is 5.59. The van der Waals surface area contributed by atoms with Crippen molar-refractivity contribution in [3.8, 4) is 11.3 Å². The average molecular weight is 267 g/mol. The van der Waals surface area contributed by atoms with Gasteiger partial charge in [0.25, 0.3) is 0 Å². The number of hydrogen-bond donors (Lipinski definition) is 1. The molecule has 0 aliphatic rings. The van der Waals surface area contributed by atoms with Crippen LogP contribution in [0.4, 0.5) is 0 Å². The first kappa shape index (κ1) is 10.3. The van der Waals surface area contributed by atoms with E-state index < -0.39 is 0 Å². The second kappa shape index (κ2) is 4.12. The number of nitrogens with zero attached hydrogens (tertiary/aromatic N) is 3. The molecule has 0 fully saturated rings. The van der Waals surface area contributed by atoms with Gasteiger partial charge in [-0.15, -0.1) is 0 Å². The lowest BCUT2D eigenvalue weighted by Gasteiger charge is -2.01. The summed E-state index contributed by atoms with van der Waals surface area (Å²) in [6.45, 7) is 0.425. The fraction of sp³-hybridized carbons (Fsp3) is 0.200. The molecule has 4 nitrogen and oxygen atoms in total. The molecule has 0 bridgehead atoms. The minimum Gasteiger partial charge on any atom is -0.325 e. The van der Waals surface area contributed by atoms with Gasteiger partial charge in [0.05, 0.1) is 15.9 Å². The SMILES string of the molecule is Cn1nc(CN)c(Br)c1-c1cccnc1. The van der Waals surface area contributed by atoms with E-state index in [0.717, 1.165) is 21.4 Å². The van der Waals surface area contributed by atoms with Crippen molar-refractivity contribution in [1.82, 2.24) is 14.8 Å². The zero-order chi connectivity index (χ0) is 10.8. The van der Waals surface area contributed by atoms with Crippen LogP contribution >= 0.6 is 15.9 Å². The van der Waals surface area contributed by atoms with Crippen LogP contribution in [0.1, 0.15) is 5.69 Å². The average Bonchev–Trinajstić information content (AvgIpc) is 2.55. The van der Waals surface area contributed by atoms with Crippen molar-refractivity contribution in [2.24, 2.45) is 12.8 Å². The summed E-state index contributed by atoms with van der Waals surface area (Å²) in [6, 6.07) is 3.89. The molecule has 0 atom stereocenters. The number of nitrogens with two attached hydrogens (primary N) is 1. The monoisotopic (exact) mass is 266 g/mol.